The largest absolute Gasteiger partial charge is 0.452 e. The van der Waals surface area contributed by atoms with Gasteiger partial charge in [-0.2, -0.15) is 0 Å². The molecule has 0 saturated carbocycles. The summed E-state index contributed by atoms with van der Waals surface area (Å²) in [6.45, 7) is 0.271. The monoisotopic (exact) mass is 336 g/mol. The summed E-state index contributed by atoms with van der Waals surface area (Å²) in [6, 6.07) is 13.1. The van der Waals surface area contributed by atoms with E-state index in [1.165, 1.54) is 11.1 Å². The van der Waals surface area contributed by atoms with Crippen LogP contribution in [0.4, 0.5) is 4.79 Å². The third-order valence-electron chi connectivity index (χ3n) is 4.52. The maximum Gasteiger partial charge on any atom is 0.338 e. The number of urea groups is 1. The number of nitrogens with zero attached hydrogens (tertiary/aromatic N) is 1. The van der Waals surface area contributed by atoms with E-state index in [0.717, 1.165) is 22.4 Å². The third-order valence-corrected chi connectivity index (χ3v) is 4.52. The molecule has 1 aliphatic heterocycles. The van der Waals surface area contributed by atoms with Crippen molar-refractivity contribution >= 4 is 17.9 Å². The molecule has 1 heterocycles. The Balaban J connectivity index is 1.47. The maximum atomic E-state index is 12.3. The van der Waals surface area contributed by atoms with Gasteiger partial charge in [-0.1, -0.05) is 30.3 Å². The van der Waals surface area contributed by atoms with Crippen LogP contribution in [0, 0.1) is 0 Å². The lowest BCUT2D eigenvalue weighted by molar-refractivity contribution is -0.130. The van der Waals surface area contributed by atoms with E-state index in [2.05, 4.69) is 11.4 Å². The Kier molecular flexibility index (Phi) is 3.72. The number of carbonyl (C=O) groups excluding carboxylic acids is 3. The molecule has 1 aliphatic carbocycles. The van der Waals surface area contributed by atoms with Crippen molar-refractivity contribution in [3.05, 3.63) is 59.2 Å². The van der Waals surface area contributed by atoms with Crippen LogP contribution in [-0.2, 0) is 16.0 Å². The molecule has 0 radical (unpaired) electrons. The van der Waals surface area contributed by atoms with Crippen LogP contribution < -0.4 is 5.32 Å². The predicted molar refractivity (Wildman–Crippen MR) is 90.1 cm³/mol. The first kappa shape index (κ1) is 15.4. The highest BCUT2D eigenvalue weighted by atomic mass is 16.5. The van der Waals surface area contributed by atoms with Gasteiger partial charge in [-0.05, 0) is 40.8 Å². The average molecular weight is 336 g/mol. The Labute approximate surface area is 144 Å². The molecule has 2 aromatic rings. The number of ether oxygens (including phenoxy) is 1. The minimum atomic E-state index is -0.569. The van der Waals surface area contributed by atoms with Gasteiger partial charge < -0.3 is 10.1 Å². The van der Waals surface area contributed by atoms with Crippen LogP contribution in [0.2, 0.25) is 0 Å². The minimum absolute atomic E-state index is 0.296. The van der Waals surface area contributed by atoms with Gasteiger partial charge in [0.25, 0.3) is 5.91 Å². The Hall–Kier alpha value is -3.15. The van der Waals surface area contributed by atoms with Crippen molar-refractivity contribution in [2.45, 2.75) is 6.42 Å². The molecule has 4 rings (SSSR count). The zero-order valence-corrected chi connectivity index (χ0v) is 13.5. The molecule has 1 fully saturated rings. The fraction of sp³-hybridized carbons (Fsp3) is 0.211. The highest BCUT2D eigenvalue weighted by Crippen LogP contribution is 2.36. The fourth-order valence-corrected chi connectivity index (χ4v) is 3.25. The number of amides is 3. The van der Waals surface area contributed by atoms with E-state index in [1.54, 1.807) is 12.1 Å². The molecule has 0 spiro atoms. The Morgan fingerprint density at radius 1 is 1.08 bits per heavy atom. The number of hydrogen-bond acceptors (Lipinski definition) is 4. The molecule has 25 heavy (non-hydrogen) atoms. The van der Waals surface area contributed by atoms with E-state index in [1.807, 2.05) is 24.3 Å². The maximum absolute atomic E-state index is 12.3. The van der Waals surface area contributed by atoms with Crippen LogP contribution in [0.3, 0.4) is 0 Å². The lowest BCUT2D eigenvalue weighted by atomic mass is 10.0. The number of imide groups is 1. The number of esters is 1. The van der Waals surface area contributed by atoms with Crippen LogP contribution >= 0.6 is 0 Å². The van der Waals surface area contributed by atoms with Gasteiger partial charge in [-0.3, -0.25) is 9.69 Å². The molecule has 2 aliphatic rings. The highest BCUT2D eigenvalue weighted by Gasteiger charge is 2.27. The molecule has 0 atom stereocenters. The molecule has 0 bridgehead atoms. The van der Waals surface area contributed by atoms with Crippen LogP contribution in [0.5, 0.6) is 0 Å². The van der Waals surface area contributed by atoms with Gasteiger partial charge >= 0.3 is 12.0 Å². The second-order valence-corrected chi connectivity index (χ2v) is 6.06. The van der Waals surface area contributed by atoms with Crippen molar-refractivity contribution in [2.24, 2.45) is 0 Å². The fourth-order valence-electron chi connectivity index (χ4n) is 3.25. The molecule has 2 aromatic carbocycles. The Morgan fingerprint density at radius 2 is 1.88 bits per heavy atom. The normalized spacial score (nSPS) is 14.7. The zero-order valence-electron chi connectivity index (χ0n) is 13.5. The molecule has 0 unspecified atom stereocenters. The van der Waals surface area contributed by atoms with Crippen LogP contribution in [0.25, 0.3) is 11.1 Å². The minimum Gasteiger partial charge on any atom is -0.452 e. The lowest BCUT2D eigenvalue weighted by Crippen LogP contribution is -2.37. The number of nitrogens with one attached hydrogen (secondary N) is 1. The molecule has 0 aromatic heterocycles. The summed E-state index contributed by atoms with van der Waals surface area (Å²) in [5, 5.41) is 2.53. The number of hydrogen-bond donors (Lipinski definition) is 1. The summed E-state index contributed by atoms with van der Waals surface area (Å²) in [6.07, 6.45) is 0.851. The topological polar surface area (TPSA) is 75.7 Å². The third kappa shape index (κ3) is 2.76. The molecule has 126 valence electrons. The number of fused-ring (bicyclic) bond motifs is 3. The molecule has 1 N–H and O–H groups in total. The van der Waals surface area contributed by atoms with Crippen molar-refractivity contribution in [1.82, 2.24) is 10.2 Å². The van der Waals surface area contributed by atoms with Crippen molar-refractivity contribution < 1.29 is 19.1 Å². The summed E-state index contributed by atoms with van der Waals surface area (Å²) in [4.78, 5) is 36.7. The first-order valence-electron chi connectivity index (χ1n) is 8.10. The lowest BCUT2D eigenvalue weighted by Gasteiger charge is -2.12. The number of carbonyl (C=O) groups is 3. The average Bonchev–Trinajstić information content (AvgIpc) is 3.22. The first-order valence-corrected chi connectivity index (χ1v) is 8.10. The standard InChI is InChI=1S/C19H16N2O4/c22-17(21-8-7-20-19(21)24)11-25-18(23)14-6-5-13-9-12-3-1-2-4-15(12)16(13)10-14/h1-6,10H,7-9,11H2,(H,20,24). The van der Waals surface area contributed by atoms with Crippen molar-refractivity contribution in [2.75, 3.05) is 19.7 Å². The SMILES string of the molecule is O=C(OCC(=O)N1CCNC1=O)c1ccc2c(c1)-c1ccccc1C2. The van der Waals surface area contributed by atoms with E-state index in [-0.39, 0.29) is 0 Å². The van der Waals surface area contributed by atoms with Gasteiger partial charge in [0.2, 0.25) is 0 Å². The molecular formula is C19H16N2O4. The summed E-state index contributed by atoms with van der Waals surface area (Å²) in [5.41, 5.74) is 4.95. The predicted octanol–water partition coefficient (Wildman–Crippen LogP) is 1.97. The van der Waals surface area contributed by atoms with Crippen LogP contribution in [-0.4, -0.2) is 42.5 Å². The second-order valence-electron chi connectivity index (χ2n) is 6.06. The number of benzene rings is 2. The van der Waals surface area contributed by atoms with Gasteiger partial charge in [0, 0.05) is 13.1 Å². The second kappa shape index (κ2) is 6.05. The van der Waals surface area contributed by atoms with E-state index >= 15 is 0 Å². The molecular weight excluding hydrogens is 320 g/mol. The van der Waals surface area contributed by atoms with E-state index in [0.29, 0.717) is 18.7 Å². The van der Waals surface area contributed by atoms with Crippen molar-refractivity contribution in [3.63, 3.8) is 0 Å². The van der Waals surface area contributed by atoms with Gasteiger partial charge in [0.05, 0.1) is 5.56 Å². The van der Waals surface area contributed by atoms with Crippen molar-refractivity contribution in [3.8, 4) is 11.1 Å². The van der Waals surface area contributed by atoms with Gasteiger partial charge in [-0.15, -0.1) is 0 Å². The van der Waals surface area contributed by atoms with E-state index in [4.69, 9.17) is 4.74 Å². The first-order chi connectivity index (χ1) is 12.1. The summed E-state index contributed by atoms with van der Waals surface area (Å²) < 4.78 is 5.09. The molecule has 6 nitrogen and oxygen atoms in total. The summed E-state index contributed by atoms with van der Waals surface area (Å²) in [5.74, 6) is -1.09. The Morgan fingerprint density at radius 3 is 2.68 bits per heavy atom. The van der Waals surface area contributed by atoms with Crippen LogP contribution in [0.1, 0.15) is 21.5 Å². The van der Waals surface area contributed by atoms with E-state index < -0.39 is 24.5 Å². The van der Waals surface area contributed by atoms with E-state index in [9.17, 15) is 14.4 Å². The quantitative estimate of drug-likeness (QED) is 0.742. The van der Waals surface area contributed by atoms with Gasteiger partial charge in [0.1, 0.15) is 0 Å². The molecule has 6 heteroatoms. The molecule has 3 amide bonds. The Bertz CT molecular complexity index is 891. The van der Waals surface area contributed by atoms with Gasteiger partial charge in [0.15, 0.2) is 6.61 Å². The zero-order chi connectivity index (χ0) is 17.4. The summed E-state index contributed by atoms with van der Waals surface area (Å²) in [7, 11) is 0. The highest BCUT2D eigenvalue weighted by molar-refractivity contribution is 5.98. The van der Waals surface area contributed by atoms with Gasteiger partial charge in [-0.25, -0.2) is 9.59 Å². The van der Waals surface area contributed by atoms with Crippen LogP contribution in [0.15, 0.2) is 42.5 Å². The number of rotatable bonds is 3. The molecule has 1 saturated heterocycles. The van der Waals surface area contributed by atoms with Crippen molar-refractivity contribution in [1.29, 1.82) is 0 Å². The smallest absolute Gasteiger partial charge is 0.338 e. The summed E-state index contributed by atoms with van der Waals surface area (Å²) >= 11 is 0.